The Morgan fingerprint density at radius 2 is 1.84 bits per heavy atom. The lowest BCUT2D eigenvalue weighted by Crippen LogP contribution is -2.32. The second-order valence-corrected chi connectivity index (χ2v) is 6.58. The first kappa shape index (κ1) is 17.4. The number of carbonyl (C=O) groups excluding carboxylic acids is 1. The molecule has 0 atom stereocenters. The molecule has 0 spiro atoms. The maximum absolute atomic E-state index is 12.3. The fourth-order valence-electron chi connectivity index (χ4n) is 3.11. The Morgan fingerprint density at radius 1 is 1.12 bits per heavy atom. The van der Waals surface area contributed by atoms with Gasteiger partial charge in [-0.25, -0.2) is 9.97 Å². The number of hydrogen-bond donors (Lipinski definition) is 1. The SMILES string of the molecule is CCc1ccc(C(=O)NCc2cc(C)nc(N3CCCCC3)n2)cc1. The molecular weight excluding hydrogens is 312 g/mol. The van der Waals surface area contributed by atoms with Crippen LogP contribution in [0, 0.1) is 6.92 Å². The van der Waals surface area contributed by atoms with Gasteiger partial charge < -0.3 is 10.2 Å². The quantitative estimate of drug-likeness (QED) is 0.909. The molecule has 0 bridgehead atoms. The summed E-state index contributed by atoms with van der Waals surface area (Å²) in [6.45, 7) is 6.52. The molecule has 1 aliphatic heterocycles. The Bertz CT molecular complexity index is 721. The zero-order valence-electron chi connectivity index (χ0n) is 15.1. The summed E-state index contributed by atoms with van der Waals surface area (Å²) in [4.78, 5) is 23.8. The first-order chi connectivity index (χ1) is 12.2. The van der Waals surface area contributed by atoms with E-state index in [0.717, 1.165) is 36.8 Å². The predicted molar refractivity (Wildman–Crippen MR) is 99.8 cm³/mol. The molecule has 132 valence electrons. The van der Waals surface area contributed by atoms with E-state index in [9.17, 15) is 4.79 Å². The van der Waals surface area contributed by atoms with Crippen molar-refractivity contribution in [3.63, 3.8) is 0 Å². The van der Waals surface area contributed by atoms with Gasteiger partial charge in [0.2, 0.25) is 5.95 Å². The van der Waals surface area contributed by atoms with Crippen molar-refractivity contribution in [1.29, 1.82) is 0 Å². The van der Waals surface area contributed by atoms with Crippen molar-refractivity contribution in [3.8, 4) is 0 Å². The van der Waals surface area contributed by atoms with Crippen LogP contribution in [0.2, 0.25) is 0 Å². The molecule has 1 aromatic carbocycles. The number of amides is 1. The molecule has 0 radical (unpaired) electrons. The highest BCUT2D eigenvalue weighted by Crippen LogP contribution is 2.16. The molecule has 1 aromatic heterocycles. The summed E-state index contributed by atoms with van der Waals surface area (Å²) < 4.78 is 0. The highest BCUT2D eigenvalue weighted by atomic mass is 16.1. The zero-order valence-corrected chi connectivity index (χ0v) is 15.1. The third-order valence-electron chi connectivity index (χ3n) is 4.59. The maximum atomic E-state index is 12.3. The molecule has 2 heterocycles. The monoisotopic (exact) mass is 338 g/mol. The van der Waals surface area contributed by atoms with Crippen LogP contribution in [0.3, 0.4) is 0 Å². The van der Waals surface area contributed by atoms with E-state index in [-0.39, 0.29) is 5.91 Å². The summed E-state index contributed by atoms with van der Waals surface area (Å²) in [7, 11) is 0. The normalized spacial score (nSPS) is 14.4. The number of hydrogen-bond acceptors (Lipinski definition) is 4. The molecule has 0 aliphatic carbocycles. The van der Waals surface area contributed by atoms with Gasteiger partial charge in [0.25, 0.3) is 5.91 Å². The van der Waals surface area contributed by atoms with Crippen molar-refractivity contribution in [1.82, 2.24) is 15.3 Å². The molecule has 1 aliphatic rings. The van der Waals surface area contributed by atoms with Crippen LogP contribution in [-0.2, 0) is 13.0 Å². The van der Waals surface area contributed by atoms with Crippen LogP contribution in [0.25, 0.3) is 0 Å². The topological polar surface area (TPSA) is 58.1 Å². The van der Waals surface area contributed by atoms with Gasteiger partial charge >= 0.3 is 0 Å². The van der Waals surface area contributed by atoms with Crippen LogP contribution < -0.4 is 10.2 Å². The molecule has 2 aromatic rings. The van der Waals surface area contributed by atoms with Crippen LogP contribution in [0.15, 0.2) is 30.3 Å². The molecular formula is C20H26N4O. The lowest BCUT2D eigenvalue weighted by Gasteiger charge is -2.27. The third-order valence-corrected chi connectivity index (χ3v) is 4.59. The van der Waals surface area contributed by atoms with E-state index in [1.165, 1.54) is 24.8 Å². The minimum atomic E-state index is -0.0709. The average molecular weight is 338 g/mol. The van der Waals surface area contributed by atoms with Crippen LogP contribution in [0.4, 0.5) is 5.95 Å². The first-order valence-electron chi connectivity index (χ1n) is 9.12. The number of nitrogens with zero attached hydrogens (tertiary/aromatic N) is 3. The number of anilines is 1. The number of aryl methyl sites for hydroxylation is 2. The van der Waals surface area contributed by atoms with Crippen molar-refractivity contribution < 1.29 is 4.79 Å². The van der Waals surface area contributed by atoms with Crippen molar-refractivity contribution in [2.45, 2.75) is 46.1 Å². The highest BCUT2D eigenvalue weighted by molar-refractivity contribution is 5.94. The molecule has 5 heteroatoms. The first-order valence-corrected chi connectivity index (χ1v) is 9.12. The fourth-order valence-corrected chi connectivity index (χ4v) is 3.11. The third kappa shape index (κ3) is 4.56. The van der Waals surface area contributed by atoms with E-state index >= 15 is 0 Å². The Balaban J connectivity index is 1.65. The van der Waals surface area contributed by atoms with Gasteiger partial charge in [0.1, 0.15) is 0 Å². The average Bonchev–Trinajstić information content (AvgIpc) is 2.66. The summed E-state index contributed by atoms with van der Waals surface area (Å²) in [6.07, 6.45) is 4.64. The standard InChI is InChI=1S/C20H26N4O/c1-3-16-7-9-17(10-8-16)19(25)21-14-18-13-15(2)22-20(23-18)24-11-5-4-6-12-24/h7-10,13H,3-6,11-12,14H2,1-2H3,(H,21,25). The maximum Gasteiger partial charge on any atom is 0.251 e. The van der Waals surface area contributed by atoms with Crippen LogP contribution in [-0.4, -0.2) is 29.0 Å². The molecule has 0 saturated carbocycles. The van der Waals surface area contributed by atoms with Crippen LogP contribution >= 0.6 is 0 Å². The molecule has 25 heavy (non-hydrogen) atoms. The van der Waals surface area contributed by atoms with E-state index in [4.69, 9.17) is 0 Å². The Morgan fingerprint density at radius 3 is 2.52 bits per heavy atom. The van der Waals surface area contributed by atoms with E-state index < -0.39 is 0 Å². The van der Waals surface area contributed by atoms with Gasteiger partial charge in [-0.3, -0.25) is 4.79 Å². The lowest BCUT2D eigenvalue weighted by atomic mass is 10.1. The second-order valence-electron chi connectivity index (χ2n) is 6.58. The lowest BCUT2D eigenvalue weighted by molar-refractivity contribution is 0.0950. The van der Waals surface area contributed by atoms with E-state index in [1.54, 1.807) is 0 Å². The summed E-state index contributed by atoms with van der Waals surface area (Å²) >= 11 is 0. The number of benzene rings is 1. The van der Waals surface area contributed by atoms with E-state index in [2.05, 4.69) is 27.1 Å². The van der Waals surface area contributed by atoms with Crippen LogP contribution in [0.1, 0.15) is 53.5 Å². The Hall–Kier alpha value is -2.43. The number of aromatic nitrogens is 2. The number of rotatable bonds is 5. The molecule has 5 nitrogen and oxygen atoms in total. The van der Waals surface area contributed by atoms with Crippen LogP contribution in [0.5, 0.6) is 0 Å². The van der Waals surface area contributed by atoms with Crippen molar-refractivity contribution >= 4 is 11.9 Å². The van der Waals surface area contributed by atoms with Gasteiger partial charge in [0.15, 0.2) is 0 Å². The van der Waals surface area contributed by atoms with Gasteiger partial charge in [-0.1, -0.05) is 19.1 Å². The molecule has 1 fully saturated rings. The Labute approximate surface area is 149 Å². The second kappa shape index (κ2) is 8.10. The van der Waals surface area contributed by atoms with E-state index in [1.807, 2.05) is 37.3 Å². The minimum Gasteiger partial charge on any atom is -0.346 e. The molecule has 1 N–H and O–H groups in total. The van der Waals surface area contributed by atoms with Crippen molar-refractivity contribution in [3.05, 3.63) is 52.8 Å². The molecule has 1 saturated heterocycles. The minimum absolute atomic E-state index is 0.0709. The van der Waals surface area contributed by atoms with Gasteiger partial charge in [-0.15, -0.1) is 0 Å². The highest BCUT2D eigenvalue weighted by Gasteiger charge is 2.15. The number of carbonyl (C=O) groups is 1. The summed E-state index contributed by atoms with van der Waals surface area (Å²) in [5, 5.41) is 2.96. The molecule has 3 rings (SSSR count). The largest absolute Gasteiger partial charge is 0.346 e. The number of piperidine rings is 1. The smallest absolute Gasteiger partial charge is 0.251 e. The van der Waals surface area contributed by atoms with Crippen molar-refractivity contribution in [2.75, 3.05) is 18.0 Å². The van der Waals surface area contributed by atoms with Gasteiger partial charge in [-0.2, -0.15) is 0 Å². The predicted octanol–water partition coefficient (Wildman–Crippen LogP) is 3.27. The summed E-state index contributed by atoms with van der Waals surface area (Å²) in [5.41, 5.74) is 3.70. The van der Waals surface area contributed by atoms with Crippen molar-refractivity contribution in [2.24, 2.45) is 0 Å². The number of nitrogens with one attached hydrogen (secondary N) is 1. The molecule has 0 unspecified atom stereocenters. The molecule has 1 amide bonds. The van der Waals surface area contributed by atoms with E-state index in [0.29, 0.717) is 12.1 Å². The van der Waals surface area contributed by atoms with Gasteiger partial charge in [-0.05, 0) is 56.4 Å². The van der Waals surface area contributed by atoms with Gasteiger partial charge in [0, 0.05) is 24.3 Å². The van der Waals surface area contributed by atoms with Gasteiger partial charge in [0.05, 0.1) is 12.2 Å². The summed E-state index contributed by atoms with van der Waals surface area (Å²) in [5.74, 6) is 0.717. The summed E-state index contributed by atoms with van der Waals surface area (Å²) in [6, 6.07) is 9.68. The Kier molecular flexibility index (Phi) is 5.64. The fraction of sp³-hybridized carbons (Fsp3) is 0.450. The zero-order chi connectivity index (χ0) is 17.6.